The van der Waals surface area contributed by atoms with E-state index in [0.29, 0.717) is 33.6 Å². The zero-order chi connectivity index (χ0) is 22.7. The molecule has 0 radical (unpaired) electrons. The van der Waals surface area contributed by atoms with Crippen molar-refractivity contribution >= 4 is 39.3 Å². The van der Waals surface area contributed by atoms with Gasteiger partial charge < -0.3 is 19.4 Å². The molecule has 32 heavy (non-hydrogen) atoms. The molecule has 1 saturated heterocycles. The lowest BCUT2D eigenvalue weighted by Crippen LogP contribution is -2.39. The number of carbonyl (C=O) groups excluding carboxylic acids is 2. The third-order valence-corrected chi connectivity index (χ3v) is 6.30. The molecule has 0 aliphatic carbocycles. The maximum Gasteiger partial charge on any atom is 0.345 e. The van der Waals surface area contributed by atoms with Crippen LogP contribution in [0.2, 0.25) is 0 Å². The molecule has 8 nitrogen and oxygen atoms in total. The Morgan fingerprint density at radius 1 is 1.31 bits per heavy atom. The van der Waals surface area contributed by atoms with Crippen molar-refractivity contribution in [3.05, 3.63) is 40.1 Å². The number of rotatable bonds is 6. The van der Waals surface area contributed by atoms with Crippen LogP contribution >= 0.6 is 11.3 Å². The van der Waals surface area contributed by atoms with Crippen molar-refractivity contribution in [3.8, 4) is 17.0 Å². The first-order chi connectivity index (χ1) is 15.4. The maximum absolute atomic E-state index is 12.4. The summed E-state index contributed by atoms with van der Waals surface area (Å²) in [4.78, 5) is 43.3. The predicted molar refractivity (Wildman–Crippen MR) is 123 cm³/mol. The third-order valence-electron chi connectivity index (χ3n) is 5.55. The number of ether oxygens (including phenoxy) is 1. The molecule has 1 atom stereocenters. The van der Waals surface area contributed by atoms with Crippen LogP contribution in [0.1, 0.15) is 32.6 Å². The Balaban J connectivity index is 1.39. The zero-order valence-electron chi connectivity index (χ0n) is 18.1. The standard InChI is InChI=1S/C23H25N3O5S/c1-14-4-3-9-26(12-14)21(28)8-7-20(27)25-23-24-18(13-32-23)17-10-15-5-6-16(30-2)11-19(15)31-22(17)29/h5-6,10-11,13-14H,3-4,7-9,12H2,1-2H3,(H,24,25,27)/t14-/m0/s1. The summed E-state index contributed by atoms with van der Waals surface area (Å²) in [5, 5.41) is 5.53. The quantitative estimate of drug-likeness (QED) is 0.566. The van der Waals surface area contributed by atoms with Crippen LogP contribution in [0.5, 0.6) is 5.75 Å². The molecule has 0 saturated carbocycles. The summed E-state index contributed by atoms with van der Waals surface area (Å²) in [6, 6.07) is 6.94. The van der Waals surface area contributed by atoms with Crippen molar-refractivity contribution in [2.75, 3.05) is 25.5 Å². The highest BCUT2D eigenvalue weighted by molar-refractivity contribution is 7.14. The van der Waals surface area contributed by atoms with Crippen LogP contribution in [0.25, 0.3) is 22.2 Å². The summed E-state index contributed by atoms with van der Waals surface area (Å²) in [5.41, 5.74) is 0.647. The molecule has 3 heterocycles. The van der Waals surface area contributed by atoms with Gasteiger partial charge in [-0.05, 0) is 37.0 Å². The first-order valence-corrected chi connectivity index (χ1v) is 11.5. The van der Waals surface area contributed by atoms with Gasteiger partial charge in [-0.25, -0.2) is 9.78 Å². The molecule has 0 spiro atoms. The highest BCUT2D eigenvalue weighted by Gasteiger charge is 2.21. The number of carbonyl (C=O) groups is 2. The van der Waals surface area contributed by atoms with Gasteiger partial charge in [-0.2, -0.15) is 0 Å². The molecule has 9 heteroatoms. The summed E-state index contributed by atoms with van der Waals surface area (Å²) in [6.45, 7) is 3.67. The average molecular weight is 456 g/mol. The van der Waals surface area contributed by atoms with E-state index in [1.165, 1.54) is 11.3 Å². The number of benzene rings is 1. The second-order valence-electron chi connectivity index (χ2n) is 8.02. The molecule has 168 valence electrons. The Labute approximate surface area is 189 Å². The normalized spacial score (nSPS) is 16.2. The predicted octanol–water partition coefficient (Wildman–Crippen LogP) is 3.90. The third kappa shape index (κ3) is 4.99. The number of fused-ring (bicyclic) bond motifs is 1. The first kappa shape index (κ1) is 22.0. The molecular formula is C23H25N3O5S. The fourth-order valence-electron chi connectivity index (χ4n) is 3.83. The largest absolute Gasteiger partial charge is 0.497 e. The summed E-state index contributed by atoms with van der Waals surface area (Å²) in [7, 11) is 1.54. The second-order valence-corrected chi connectivity index (χ2v) is 8.88. The number of likely N-dealkylation sites (tertiary alicyclic amines) is 1. The van der Waals surface area contributed by atoms with Gasteiger partial charge in [-0.3, -0.25) is 9.59 Å². The first-order valence-electron chi connectivity index (χ1n) is 10.6. The minimum Gasteiger partial charge on any atom is -0.497 e. The maximum atomic E-state index is 12.4. The summed E-state index contributed by atoms with van der Waals surface area (Å²) in [6.07, 6.45) is 2.42. The van der Waals surface area contributed by atoms with E-state index in [9.17, 15) is 14.4 Å². The van der Waals surface area contributed by atoms with Crippen LogP contribution in [-0.4, -0.2) is 41.9 Å². The van der Waals surface area contributed by atoms with Crippen LogP contribution in [-0.2, 0) is 9.59 Å². The Hall–Kier alpha value is -3.20. The van der Waals surface area contributed by atoms with Crippen LogP contribution in [0, 0.1) is 5.92 Å². The van der Waals surface area contributed by atoms with Crippen LogP contribution in [0.15, 0.2) is 38.9 Å². The van der Waals surface area contributed by atoms with Crippen molar-refractivity contribution in [2.45, 2.75) is 32.6 Å². The zero-order valence-corrected chi connectivity index (χ0v) is 18.9. The molecular weight excluding hydrogens is 430 g/mol. The Kier molecular flexibility index (Phi) is 6.55. The number of amides is 2. The number of hydrogen-bond donors (Lipinski definition) is 1. The fourth-order valence-corrected chi connectivity index (χ4v) is 4.55. The van der Waals surface area contributed by atoms with E-state index in [1.54, 1.807) is 36.8 Å². The molecule has 1 fully saturated rings. The summed E-state index contributed by atoms with van der Waals surface area (Å²) in [5.74, 6) is 0.837. The number of nitrogens with zero attached hydrogens (tertiary/aromatic N) is 2. The molecule has 4 rings (SSSR count). The number of anilines is 1. The Morgan fingerprint density at radius 3 is 2.94 bits per heavy atom. The van der Waals surface area contributed by atoms with Crippen molar-refractivity contribution < 1.29 is 18.7 Å². The van der Waals surface area contributed by atoms with E-state index < -0.39 is 5.63 Å². The lowest BCUT2D eigenvalue weighted by molar-refractivity contribution is -0.134. The van der Waals surface area contributed by atoms with Gasteiger partial charge >= 0.3 is 5.63 Å². The van der Waals surface area contributed by atoms with E-state index in [1.807, 2.05) is 4.90 Å². The number of piperidine rings is 1. The van der Waals surface area contributed by atoms with Crippen molar-refractivity contribution in [1.29, 1.82) is 0 Å². The Bertz CT molecular complexity index is 1200. The van der Waals surface area contributed by atoms with Crippen LogP contribution in [0.4, 0.5) is 5.13 Å². The fraction of sp³-hybridized carbons (Fsp3) is 0.391. The number of hydrogen-bond acceptors (Lipinski definition) is 7. The van der Waals surface area contributed by atoms with Gasteiger partial charge in [-0.1, -0.05) is 6.92 Å². The smallest absolute Gasteiger partial charge is 0.345 e. The van der Waals surface area contributed by atoms with Crippen molar-refractivity contribution in [2.24, 2.45) is 5.92 Å². The van der Waals surface area contributed by atoms with Crippen LogP contribution in [0.3, 0.4) is 0 Å². The topological polar surface area (TPSA) is 102 Å². The van der Waals surface area contributed by atoms with Gasteiger partial charge in [0.2, 0.25) is 11.8 Å². The molecule has 0 bridgehead atoms. The van der Waals surface area contributed by atoms with Crippen molar-refractivity contribution in [3.63, 3.8) is 0 Å². The number of nitrogens with one attached hydrogen (secondary N) is 1. The number of methoxy groups -OCH3 is 1. The summed E-state index contributed by atoms with van der Waals surface area (Å²) >= 11 is 1.22. The van der Waals surface area contributed by atoms with E-state index in [2.05, 4.69) is 17.2 Å². The van der Waals surface area contributed by atoms with E-state index in [-0.39, 0.29) is 24.7 Å². The van der Waals surface area contributed by atoms with Gasteiger partial charge in [0, 0.05) is 42.8 Å². The van der Waals surface area contributed by atoms with Gasteiger partial charge in [0.05, 0.1) is 18.4 Å². The number of thiazole rings is 1. The SMILES string of the molecule is COc1ccc2cc(-c3csc(NC(=O)CCC(=O)N4CCC[C@H](C)C4)n3)c(=O)oc2c1. The molecule has 3 aromatic rings. The number of aromatic nitrogens is 1. The van der Waals surface area contributed by atoms with E-state index in [4.69, 9.17) is 9.15 Å². The molecule has 1 aliphatic rings. The minimum atomic E-state index is -0.518. The summed E-state index contributed by atoms with van der Waals surface area (Å²) < 4.78 is 10.6. The van der Waals surface area contributed by atoms with Gasteiger partial charge in [-0.15, -0.1) is 11.3 Å². The van der Waals surface area contributed by atoms with E-state index >= 15 is 0 Å². The second kappa shape index (κ2) is 9.52. The highest BCUT2D eigenvalue weighted by atomic mass is 32.1. The molecule has 1 aromatic carbocycles. The van der Waals surface area contributed by atoms with Crippen molar-refractivity contribution in [1.82, 2.24) is 9.88 Å². The monoisotopic (exact) mass is 455 g/mol. The average Bonchev–Trinajstić information content (AvgIpc) is 3.24. The molecule has 2 aromatic heterocycles. The van der Waals surface area contributed by atoms with Gasteiger partial charge in [0.25, 0.3) is 0 Å². The van der Waals surface area contributed by atoms with E-state index in [0.717, 1.165) is 31.3 Å². The molecule has 0 unspecified atom stereocenters. The lowest BCUT2D eigenvalue weighted by atomic mass is 10.00. The van der Waals surface area contributed by atoms with Gasteiger partial charge in [0.1, 0.15) is 11.3 Å². The lowest BCUT2D eigenvalue weighted by Gasteiger charge is -2.30. The van der Waals surface area contributed by atoms with Gasteiger partial charge in [0.15, 0.2) is 5.13 Å². The Morgan fingerprint density at radius 2 is 2.16 bits per heavy atom. The highest BCUT2D eigenvalue weighted by Crippen LogP contribution is 2.27. The minimum absolute atomic E-state index is 0.0110. The molecule has 1 aliphatic heterocycles. The molecule has 1 N–H and O–H groups in total. The molecule has 2 amide bonds. The van der Waals surface area contributed by atoms with Crippen LogP contribution < -0.4 is 15.7 Å².